The Morgan fingerprint density at radius 1 is 1.50 bits per heavy atom. The molecular weight excluding hydrogens is 154 g/mol. The standard InChI is InChI=1S/C9H15NO2/c1-4-7-8(5-2)9(6-3)12-10-11/h5-6,8-9H,2-4,7H2,1H3. The van der Waals surface area contributed by atoms with Crippen LogP contribution in [0.4, 0.5) is 0 Å². The van der Waals surface area contributed by atoms with Gasteiger partial charge in [-0.15, -0.1) is 11.5 Å². The van der Waals surface area contributed by atoms with Crippen molar-refractivity contribution >= 4 is 0 Å². The first-order valence-electron chi connectivity index (χ1n) is 4.03. The monoisotopic (exact) mass is 169 g/mol. The van der Waals surface area contributed by atoms with Gasteiger partial charge >= 0.3 is 0 Å². The van der Waals surface area contributed by atoms with E-state index < -0.39 is 0 Å². The zero-order valence-corrected chi connectivity index (χ0v) is 7.40. The average molecular weight is 169 g/mol. The van der Waals surface area contributed by atoms with Crippen LogP contribution in [0.3, 0.4) is 0 Å². The van der Waals surface area contributed by atoms with Crippen molar-refractivity contribution in [3.63, 3.8) is 0 Å². The fourth-order valence-corrected chi connectivity index (χ4v) is 1.10. The summed E-state index contributed by atoms with van der Waals surface area (Å²) in [5.41, 5.74) is 0. The lowest BCUT2D eigenvalue weighted by atomic mass is 9.97. The summed E-state index contributed by atoms with van der Waals surface area (Å²) in [6, 6.07) is 0. The van der Waals surface area contributed by atoms with Crippen LogP contribution in [-0.2, 0) is 4.84 Å². The molecule has 0 fully saturated rings. The molecular formula is C9H15NO2. The molecule has 0 aromatic rings. The third-order valence-electron chi connectivity index (χ3n) is 1.74. The van der Waals surface area contributed by atoms with Crippen LogP contribution < -0.4 is 0 Å². The van der Waals surface area contributed by atoms with E-state index in [0.717, 1.165) is 12.8 Å². The summed E-state index contributed by atoms with van der Waals surface area (Å²) in [7, 11) is 0. The molecule has 0 heterocycles. The molecule has 2 unspecified atom stereocenters. The normalized spacial score (nSPS) is 14.4. The van der Waals surface area contributed by atoms with Gasteiger partial charge in [0.1, 0.15) is 0 Å². The van der Waals surface area contributed by atoms with Gasteiger partial charge in [0, 0.05) is 5.92 Å². The lowest BCUT2D eigenvalue weighted by molar-refractivity contribution is 0.0579. The molecule has 0 saturated carbocycles. The fraction of sp³-hybridized carbons (Fsp3) is 0.556. The molecule has 3 heteroatoms. The molecule has 12 heavy (non-hydrogen) atoms. The first-order valence-corrected chi connectivity index (χ1v) is 4.03. The molecule has 0 N–H and O–H groups in total. The van der Waals surface area contributed by atoms with E-state index in [1.54, 1.807) is 12.2 Å². The van der Waals surface area contributed by atoms with E-state index in [9.17, 15) is 4.91 Å². The fourth-order valence-electron chi connectivity index (χ4n) is 1.10. The van der Waals surface area contributed by atoms with Gasteiger partial charge < -0.3 is 4.84 Å². The smallest absolute Gasteiger partial charge is 0.155 e. The quantitative estimate of drug-likeness (QED) is 0.334. The first kappa shape index (κ1) is 10.9. The van der Waals surface area contributed by atoms with Gasteiger partial charge in [0.25, 0.3) is 0 Å². The van der Waals surface area contributed by atoms with Gasteiger partial charge in [0.2, 0.25) is 0 Å². The van der Waals surface area contributed by atoms with Crippen LogP contribution in [-0.4, -0.2) is 6.10 Å². The second-order valence-electron chi connectivity index (χ2n) is 2.57. The van der Waals surface area contributed by atoms with Gasteiger partial charge in [-0.2, -0.15) is 0 Å². The van der Waals surface area contributed by atoms with Gasteiger partial charge in [-0.05, 0) is 12.5 Å². The van der Waals surface area contributed by atoms with E-state index in [-0.39, 0.29) is 12.0 Å². The second-order valence-corrected chi connectivity index (χ2v) is 2.57. The minimum Gasteiger partial charge on any atom is -0.356 e. The third kappa shape index (κ3) is 3.32. The van der Waals surface area contributed by atoms with Crippen molar-refractivity contribution in [3.05, 3.63) is 30.2 Å². The summed E-state index contributed by atoms with van der Waals surface area (Å²) in [6.45, 7) is 9.28. The Morgan fingerprint density at radius 3 is 2.50 bits per heavy atom. The maximum Gasteiger partial charge on any atom is 0.155 e. The Balaban J connectivity index is 4.10. The Labute approximate surface area is 73.0 Å². The number of hydrogen-bond acceptors (Lipinski definition) is 3. The summed E-state index contributed by atoms with van der Waals surface area (Å²) in [4.78, 5) is 14.4. The third-order valence-corrected chi connectivity index (χ3v) is 1.74. The topological polar surface area (TPSA) is 38.7 Å². The molecule has 0 aromatic carbocycles. The minimum absolute atomic E-state index is 0.130. The molecule has 0 bridgehead atoms. The largest absolute Gasteiger partial charge is 0.356 e. The van der Waals surface area contributed by atoms with E-state index in [2.05, 4.69) is 30.3 Å². The highest BCUT2D eigenvalue weighted by atomic mass is 16.7. The summed E-state index contributed by atoms with van der Waals surface area (Å²) in [5, 5.41) is 2.39. The lowest BCUT2D eigenvalue weighted by Crippen LogP contribution is -2.17. The first-order chi connectivity index (χ1) is 5.79. The molecule has 0 aliphatic heterocycles. The van der Waals surface area contributed by atoms with Crippen LogP contribution in [0.15, 0.2) is 30.7 Å². The number of nitrogens with zero attached hydrogens (tertiary/aromatic N) is 1. The van der Waals surface area contributed by atoms with Crippen molar-refractivity contribution in [1.82, 2.24) is 0 Å². The van der Waals surface area contributed by atoms with Crippen molar-refractivity contribution in [1.29, 1.82) is 0 Å². The van der Waals surface area contributed by atoms with Crippen LogP contribution in [0, 0.1) is 10.8 Å². The van der Waals surface area contributed by atoms with Gasteiger partial charge in [-0.1, -0.05) is 26.0 Å². The highest BCUT2D eigenvalue weighted by Crippen LogP contribution is 2.16. The van der Waals surface area contributed by atoms with E-state index in [1.165, 1.54) is 0 Å². The zero-order chi connectivity index (χ0) is 9.40. The maximum atomic E-state index is 9.84. The highest BCUT2D eigenvalue weighted by molar-refractivity contribution is 4.93. The van der Waals surface area contributed by atoms with Crippen molar-refractivity contribution in [2.24, 2.45) is 11.3 Å². The van der Waals surface area contributed by atoms with Crippen LogP contribution in [0.25, 0.3) is 0 Å². The minimum atomic E-state index is -0.333. The Bertz CT molecular complexity index is 157. The van der Waals surface area contributed by atoms with Gasteiger partial charge in [-0.25, -0.2) is 0 Å². The summed E-state index contributed by atoms with van der Waals surface area (Å²) in [6.07, 6.45) is 4.95. The van der Waals surface area contributed by atoms with Gasteiger partial charge in [0.05, 0.1) is 0 Å². The maximum absolute atomic E-state index is 9.84. The van der Waals surface area contributed by atoms with Crippen LogP contribution >= 0.6 is 0 Å². The molecule has 0 rings (SSSR count). The van der Waals surface area contributed by atoms with E-state index in [4.69, 9.17) is 0 Å². The molecule has 0 radical (unpaired) electrons. The predicted octanol–water partition coefficient (Wildman–Crippen LogP) is 2.84. The molecule has 0 spiro atoms. The molecule has 0 aliphatic carbocycles. The average Bonchev–Trinajstić information content (AvgIpc) is 2.11. The SMILES string of the molecule is C=CC(CCC)C(C=C)ON=O. The Hall–Kier alpha value is -1.12. The van der Waals surface area contributed by atoms with Crippen LogP contribution in [0.2, 0.25) is 0 Å². The summed E-state index contributed by atoms with van der Waals surface area (Å²) >= 11 is 0. The Morgan fingerprint density at radius 2 is 2.17 bits per heavy atom. The summed E-state index contributed by atoms with van der Waals surface area (Å²) in [5.74, 6) is 0.130. The van der Waals surface area contributed by atoms with Gasteiger partial charge in [-0.3, -0.25) is 0 Å². The molecule has 0 aliphatic rings. The number of hydrogen-bond donors (Lipinski definition) is 0. The van der Waals surface area contributed by atoms with Crippen molar-refractivity contribution < 1.29 is 4.84 Å². The molecule has 0 amide bonds. The van der Waals surface area contributed by atoms with Crippen molar-refractivity contribution in [2.75, 3.05) is 0 Å². The molecule has 68 valence electrons. The van der Waals surface area contributed by atoms with Gasteiger partial charge in [0.15, 0.2) is 11.4 Å². The van der Waals surface area contributed by atoms with E-state index >= 15 is 0 Å². The second kappa shape index (κ2) is 6.58. The lowest BCUT2D eigenvalue weighted by Gasteiger charge is -2.16. The van der Waals surface area contributed by atoms with E-state index in [0.29, 0.717) is 0 Å². The van der Waals surface area contributed by atoms with Crippen LogP contribution in [0.1, 0.15) is 19.8 Å². The van der Waals surface area contributed by atoms with Crippen LogP contribution in [0.5, 0.6) is 0 Å². The molecule has 3 nitrogen and oxygen atoms in total. The predicted molar refractivity (Wildman–Crippen MR) is 49.5 cm³/mol. The highest BCUT2D eigenvalue weighted by Gasteiger charge is 2.16. The molecule has 0 aromatic heterocycles. The van der Waals surface area contributed by atoms with Crippen molar-refractivity contribution in [3.8, 4) is 0 Å². The summed E-state index contributed by atoms with van der Waals surface area (Å²) < 4.78 is 0. The zero-order valence-electron chi connectivity index (χ0n) is 7.40. The number of rotatable bonds is 7. The molecule has 2 atom stereocenters. The molecule has 0 saturated heterocycles. The van der Waals surface area contributed by atoms with E-state index in [1.807, 2.05) is 0 Å². The van der Waals surface area contributed by atoms with Crippen molar-refractivity contribution in [2.45, 2.75) is 25.9 Å². The Kier molecular flexibility index (Phi) is 5.97.